The minimum Gasteiger partial charge on any atom is -0.504 e. The molecule has 10 rings (SSSR count). The van der Waals surface area contributed by atoms with E-state index in [0.29, 0.717) is 111 Å². The number of phenolic OH excluding ortho intramolecular Hbond substituents is 1. The number of hydrogen-bond donors (Lipinski definition) is 7. The third-order valence-corrected chi connectivity index (χ3v) is 18.9. The Kier molecular flexibility index (Phi) is 14.6. The highest BCUT2D eigenvalue weighted by atomic mass is 16.5. The number of allylic oxidation sites excluding steroid dienone is 2. The number of hydrogen-bond acceptors (Lipinski definition) is 10. The number of aryl methyl sites for hydroxylation is 1. The van der Waals surface area contributed by atoms with Crippen molar-refractivity contribution in [1.82, 2.24) is 16.0 Å². The molecule has 12 atom stereocenters. The summed E-state index contributed by atoms with van der Waals surface area (Å²) in [4.78, 5) is 27.7. The molecule has 2 spiro atoms. The molecule has 10 nitrogen and oxygen atoms in total. The van der Waals surface area contributed by atoms with Gasteiger partial charge in [0.05, 0.1) is 25.1 Å². The second-order valence-electron chi connectivity index (χ2n) is 22.7. The first-order valence-electron chi connectivity index (χ1n) is 27.2. The Morgan fingerprint density at radius 1 is 0.943 bits per heavy atom. The van der Waals surface area contributed by atoms with Crippen LogP contribution in [0.4, 0.5) is 0 Å². The average molecular weight is 951 g/mol. The molecule has 1 saturated heterocycles. The van der Waals surface area contributed by atoms with Crippen LogP contribution < -0.4 is 26.4 Å². The summed E-state index contributed by atoms with van der Waals surface area (Å²) in [6, 6.07) is 18.7. The minimum absolute atomic E-state index is 0.00568. The molecule has 10 heteroatoms. The number of benzene rings is 3. The fraction of sp³-hybridized carbons (Fsp3) is 0.600. The summed E-state index contributed by atoms with van der Waals surface area (Å²) in [6.45, 7) is 4.69. The highest BCUT2D eigenvalue weighted by Crippen LogP contribution is 2.59. The summed E-state index contributed by atoms with van der Waals surface area (Å²) in [6.07, 6.45) is 17.4. The zero-order chi connectivity index (χ0) is 48.6. The number of piperidine rings is 1. The SMILES string of the molecule is CCNC[C@@H]1C[C@@H]2[C@@H]3CCC(=O)C[C@@H]3NC3(CCCCC3)[C@@H]2C[C@H]1[C@H]1CC[C@@]2(C#C[C@H](CC[C@H](O)C[C@H](C3=CCNC(N)=C3)c3ccc4ccccc4c3)c3cc(O)c(OC)cc3CCC2=O)[C@H](O)C1. The van der Waals surface area contributed by atoms with Gasteiger partial charge in [0.25, 0.3) is 0 Å². The number of dihydropyridines is 1. The highest BCUT2D eigenvalue weighted by molar-refractivity contribution is 5.89. The summed E-state index contributed by atoms with van der Waals surface area (Å²) in [5.41, 5.74) is 9.13. The van der Waals surface area contributed by atoms with Crippen molar-refractivity contribution in [2.45, 2.75) is 158 Å². The number of aliphatic hydroxyl groups is 2. The number of rotatable bonds is 12. The van der Waals surface area contributed by atoms with Crippen molar-refractivity contribution in [2.75, 3.05) is 26.7 Å². The molecule has 374 valence electrons. The zero-order valence-electron chi connectivity index (χ0n) is 41.7. The molecular weight excluding hydrogens is 873 g/mol. The fourth-order valence-electron chi connectivity index (χ4n) is 15.4. The molecular formula is C60H78N4O6. The lowest BCUT2D eigenvalue weighted by Crippen LogP contribution is -2.69. The number of aliphatic hydroxyl groups excluding tert-OH is 2. The summed E-state index contributed by atoms with van der Waals surface area (Å²) < 4.78 is 5.59. The molecule has 0 unspecified atom stereocenters. The van der Waals surface area contributed by atoms with Crippen LogP contribution in [0.5, 0.6) is 11.5 Å². The van der Waals surface area contributed by atoms with Gasteiger partial charge in [-0.3, -0.25) is 9.59 Å². The molecule has 7 aliphatic rings. The van der Waals surface area contributed by atoms with Gasteiger partial charge in [0.1, 0.15) is 11.2 Å². The molecule has 2 heterocycles. The van der Waals surface area contributed by atoms with E-state index in [1.54, 1.807) is 6.07 Å². The molecule has 0 aromatic heterocycles. The van der Waals surface area contributed by atoms with E-state index in [0.717, 1.165) is 65.4 Å². The second kappa shape index (κ2) is 20.8. The maximum atomic E-state index is 14.8. The van der Waals surface area contributed by atoms with Crippen molar-refractivity contribution in [1.29, 1.82) is 0 Å². The number of nitrogens with one attached hydrogen (secondary N) is 3. The van der Waals surface area contributed by atoms with E-state index in [1.165, 1.54) is 45.6 Å². The number of nitrogens with two attached hydrogens (primary N) is 1. The standard InChI is InChI=1S/C60H78N4O6/c1-3-62-36-44-28-51-47-17-16-46(66)33-53(47)64-60(22-7-4-8-23-60)52(51)34-49(44)42-20-25-59(57(69)30-42)24-19-38(50-35-54(67)55(70-2)29-41(50)14-18-56(59)68)13-15-45(65)32-48(43-21-26-63-58(61)31-43)40-12-11-37-9-5-6-10-39(37)27-40/h5-6,9-12,21,27,29,31,35,38,42,44-45,47-49,51-53,57,62-65,67,69H,3-4,7-8,13-18,20,22-23,25-26,28,30,32-34,36,61H2,1-2H3/t38-,42-,44-,45-,47-,48-,49-,51+,52+,53-,57+,59+/m0/s1. The average Bonchev–Trinajstić information content (AvgIpc) is 3.41. The predicted octanol–water partition coefficient (Wildman–Crippen LogP) is 8.86. The number of methoxy groups -OCH3 is 1. The lowest BCUT2D eigenvalue weighted by Gasteiger charge is -2.62. The highest BCUT2D eigenvalue weighted by Gasteiger charge is 2.58. The Balaban J connectivity index is 0.915. The van der Waals surface area contributed by atoms with Crippen LogP contribution in [0.3, 0.4) is 0 Å². The van der Waals surface area contributed by atoms with E-state index in [9.17, 15) is 24.9 Å². The third-order valence-electron chi connectivity index (χ3n) is 18.9. The first kappa shape index (κ1) is 48.9. The smallest absolute Gasteiger partial charge is 0.160 e. The fourth-order valence-corrected chi connectivity index (χ4v) is 15.4. The molecule has 3 aromatic carbocycles. The maximum absolute atomic E-state index is 14.8. The van der Waals surface area contributed by atoms with Crippen molar-refractivity contribution < 1.29 is 29.6 Å². The normalized spacial score (nSPS) is 32.6. The molecule has 3 aromatic rings. The van der Waals surface area contributed by atoms with Crippen LogP contribution in [0.25, 0.3) is 10.8 Å². The van der Waals surface area contributed by atoms with Gasteiger partial charge >= 0.3 is 0 Å². The number of carbonyl (C=O) groups is 2. The van der Waals surface area contributed by atoms with Gasteiger partial charge < -0.3 is 41.7 Å². The van der Waals surface area contributed by atoms with Crippen molar-refractivity contribution in [2.24, 2.45) is 46.7 Å². The van der Waals surface area contributed by atoms with Crippen LogP contribution in [0.2, 0.25) is 0 Å². The third kappa shape index (κ3) is 9.70. The van der Waals surface area contributed by atoms with E-state index in [2.05, 4.69) is 71.1 Å². The Morgan fingerprint density at radius 3 is 2.56 bits per heavy atom. The van der Waals surface area contributed by atoms with E-state index in [-0.39, 0.29) is 35.3 Å². The van der Waals surface area contributed by atoms with Crippen LogP contribution in [0, 0.1) is 52.8 Å². The Bertz CT molecular complexity index is 2540. The van der Waals surface area contributed by atoms with Gasteiger partial charge in [-0.1, -0.05) is 86.6 Å². The van der Waals surface area contributed by atoms with Gasteiger partial charge in [-0.25, -0.2) is 0 Å². The molecule has 2 aliphatic heterocycles. The molecule has 8 N–H and O–H groups in total. The molecule has 0 amide bonds. The lowest BCUT2D eigenvalue weighted by atomic mass is 9.49. The summed E-state index contributed by atoms with van der Waals surface area (Å²) >= 11 is 0. The number of ether oxygens (including phenoxy) is 1. The predicted molar refractivity (Wildman–Crippen MR) is 276 cm³/mol. The monoisotopic (exact) mass is 951 g/mol. The zero-order valence-corrected chi connectivity index (χ0v) is 41.7. The Labute approximate surface area is 416 Å². The van der Waals surface area contributed by atoms with Gasteiger partial charge in [0.15, 0.2) is 17.3 Å². The number of fused-ring (bicyclic) bond motifs is 6. The lowest BCUT2D eigenvalue weighted by molar-refractivity contribution is -0.137. The molecule has 70 heavy (non-hydrogen) atoms. The van der Waals surface area contributed by atoms with Crippen LogP contribution in [-0.2, 0) is 16.0 Å². The largest absolute Gasteiger partial charge is 0.504 e. The van der Waals surface area contributed by atoms with E-state index in [4.69, 9.17) is 10.5 Å². The number of Topliss-reactive ketones (excluding diaryl/α,β-unsaturated/α-hetero) is 2. The van der Waals surface area contributed by atoms with E-state index in [1.807, 2.05) is 24.3 Å². The number of ketones is 2. The summed E-state index contributed by atoms with van der Waals surface area (Å²) in [5.74, 6) is 10.9. The first-order chi connectivity index (χ1) is 34.0. The van der Waals surface area contributed by atoms with E-state index < -0.39 is 23.5 Å². The quantitative estimate of drug-likeness (QED) is 0.0873. The van der Waals surface area contributed by atoms with Crippen LogP contribution >= 0.6 is 0 Å². The van der Waals surface area contributed by atoms with Crippen LogP contribution in [-0.4, -0.2) is 77.4 Å². The van der Waals surface area contributed by atoms with Gasteiger partial charge in [0, 0.05) is 49.2 Å². The van der Waals surface area contributed by atoms with Crippen molar-refractivity contribution in [3.63, 3.8) is 0 Å². The van der Waals surface area contributed by atoms with Gasteiger partial charge in [0.2, 0.25) is 0 Å². The second-order valence-corrected chi connectivity index (χ2v) is 22.7. The van der Waals surface area contributed by atoms with Crippen LogP contribution in [0.15, 0.2) is 78.1 Å². The molecule has 5 aliphatic carbocycles. The van der Waals surface area contributed by atoms with E-state index >= 15 is 0 Å². The van der Waals surface area contributed by atoms with Crippen molar-refractivity contribution in [3.8, 4) is 23.3 Å². The molecule has 4 saturated carbocycles. The van der Waals surface area contributed by atoms with Crippen molar-refractivity contribution in [3.05, 3.63) is 94.8 Å². The molecule has 5 fully saturated rings. The molecule has 0 radical (unpaired) electrons. The maximum Gasteiger partial charge on any atom is 0.160 e. The van der Waals surface area contributed by atoms with Gasteiger partial charge in [-0.15, -0.1) is 0 Å². The van der Waals surface area contributed by atoms with Gasteiger partial charge in [-0.05, 0) is 177 Å². The topological polar surface area (TPSA) is 166 Å². The Hall–Kier alpha value is -4.66. The first-order valence-corrected chi connectivity index (χ1v) is 27.2. The summed E-state index contributed by atoms with van der Waals surface area (Å²) in [5, 5.41) is 49.4. The summed E-state index contributed by atoms with van der Waals surface area (Å²) in [7, 11) is 1.54. The number of aromatic hydroxyl groups is 1. The van der Waals surface area contributed by atoms with Crippen molar-refractivity contribution >= 4 is 22.3 Å². The minimum atomic E-state index is -1.19. The number of phenols is 1. The molecule has 0 bridgehead atoms. The Morgan fingerprint density at radius 2 is 1.77 bits per heavy atom. The number of carbonyl (C=O) groups excluding carboxylic acids is 2. The van der Waals surface area contributed by atoms with Gasteiger partial charge in [-0.2, -0.15) is 0 Å². The van der Waals surface area contributed by atoms with Crippen LogP contribution in [0.1, 0.15) is 145 Å².